The van der Waals surface area contributed by atoms with E-state index < -0.39 is 48.3 Å². The van der Waals surface area contributed by atoms with Gasteiger partial charge in [-0.05, 0) is 0 Å². The molecule has 0 amide bonds. The Kier molecular flexibility index (Phi) is 6.89. The third kappa shape index (κ3) is 7.88. The maximum Gasteiger partial charge on any atom is 0.422 e. The Hall–Kier alpha value is -3.59. The number of rotatable bonds is 6. The first-order valence-corrected chi connectivity index (χ1v) is 6.73. The van der Waals surface area contributed by atoms with E-state index in [1.807, 2.05) is 0 Å². The molecule has 0 unspecified atom stereocenters. The van der Waals surface area contributed by atoms with Gasteiger partial charge < -0.3 is 14.8 Å². The van der Waals surface area contributed by atoms with Crippen molar-refractivity contribution in [3.8, 4) is 29.7 Å². The molecule has 0 aliphatic rings. The van der Waals surface area contributed by atoms with E-state index in [0.717, 1.165) is 18.2 Å². The summed E-state index contributed by atoms with van der Waals surface area (Å²) in [5.74, 6) is -1.02. The van der Waals surface area contributed by atoms with E-state index in [1.165, 1.54) is 18.2 Å². The highest BCUT2D eigenvalue weighted by Crippen LogP contribution is 2.30. The van der Waals surface area contributed by atoms with Gasteiger partial charge in [-0.25, -0.2) is 0 Å². The fourth-order valence-corrected chi connectivity index (χ4v) is 1.57. The van der Waals surface area contributed by atoms with Gasteiger partial charge in [0.2, 0.25) is 0 Å². The number of hydrogen-bond acceptors (Lipinski definition) is 6. The van der Waals surface area contributed by atoms with Gasteiger partial charge in [0.15, 0.2) is 18.8 Å². The van der Waals surface area contributed by atoms with Crippen LogP contribution in [0.25, 0.3) is 0 Å². The summed E-state index contributed by atoms with van der Waals surface area (Å²) >= 11 is 0. The van der Waals surface area contributed by atoms with Crippen LogP contribution in [0.5, 0.6) is 11.5 Å². The lowest BCUT2D eigenvalue weighted by atomic mass is 10.2. The van der Waals surface area contributed by atoms with Crippen LogP contribution in [-0.2, 0) is 0 Å². The normalized spacial score (nSPS) is 10.8. The molecule has 0 spiro atoms. The molecular weight excluding hydrogens is 382 g/mol. The van der Waals surface area contributed by atoms with Gasteiger partial charge in [0.05, 0.1) is 0 Å². The summed E-state index contributed by atoms with van der Waals surface area (Å²) in [4.78, 5) is 0. The smallest absolute Gasteiger partial charge is 0.422 e. The Balaban J connectivity index is 3.22. The van der Waals surface area contributed by atoms with E-state index >= 15 is 0 Å². The molecule has 0 aliphatic carbocycles. The summed E-state index contributed by atoms with van der Waals surface area (Å²) in [5.41, 5.74) is -1.43. The van der Waals surface area contributed by atoms with Gasteiger partial charge >= 0.3 is 12.4 Å². The van der Waals surface area contributed by atoms with E-state index in [4.69, 9.17) is 15.8 Å². The summed E-state index contributed by atoms with van der Waals surface area (Å²) < 4.78 is 82.5. The minimum absolute atomic E-state index is 0.230. The fourth-order valence-electron chi connectivity index (χ4n) is 1.57. The number of anilines is 1. The molecule has 1 rings (SSSR count). The average Bonchev–Trinajstić information content (AvgIpc) is 2.57. The molecule has 0 heterocycles. The van der Waals surface area contributed by atoms with Crippen molar-refractivity contribution in [2.24, 2.45) is 0 Å². The molecule has 1 aromatic carbocycles. The van der Waals surface area contributed by atoms with E-state index in [-0.39, 0.29) is 5.69 Å². The van der Waals surface area contributed by atoms with Gasteiger partial charge in [-0.3, -0.25) is 0 Å². The van der Waals surface area contributed by atoms with Gasteiger partial charge in [-0.15, -0.1) is 0 Å². The molecule has 1 N–H and O–H groups in total. The average molecular weight is 390 g/mol. The Morgan fingerprint density at radius 1 is 0.815 bits per heavy atom. The first kappa shape index (κ1) is 21.5. The predicted octanol–water partition coefficient (Wildman–Crippen LogP) is 3.81. The van der Waals surface area contributed by atoms with Gasteiger partial charge in [0.1, 0.15) is 35.4 Å². The second-order valence-corrected chi connectivity index (χ2v) is 4.71. The minimum atomic E-state index is -4.71. The Morgan fingerprint density at radius 3 is 1.59 bits per heavy atom. The molecule has 6 nitrogen and oxygen atoms in total. The molecule has 142 valence electrons. The predicted molar refractivity (Wildman–Crippen MR) is 77.0 cm³/mol. The van der Waals surface area contributed by atoms with Crippen LogP contribution >= 0.6 is 0 Å². The molecule has 0 atom stereocenters. The van der Waals surface area contributed by atoms with Crippen molar-refractivity contribution in [2.75, 3.05) is 18.5 Å². The van der Waals surface area contributed by atoms with Gasteiger partial charge in [0, 0.05) is 23.9 Å². The summed E-state index contributed by atoms with van der Waals surface area (Å²) in [6, 6.07) is 6.96. The summed E-state index contributed by atoms with van der Waals surface area (Å²) in [5, 5.41) is 28.7. The third-order valence-electron chi connectivity index (χ3n) is 2.54. The van der Waals surface area contributed by atoms with Crippen molar-refractivity contribution < 1.29 is 35.8 Å². The van der Waals surface area contributed by atoms with Crippen LogP contribution in [0.2, 0.25) is 0 Å². The topological polar surface area (TPSA) is 102 Å². The highest BCUT2D eigenvalue weighted by atomic mass is 19.4. The molecule has 27 heavy (non-hydrogen) atoms. The standard InChI is InChI=1S/C15H8F6N4O2/c16-14(17,18)7-26-11-1-10(25-13(6-24)9(4-22)5-23)2-12(3-11)27-8-15(19,20)21/h1-3,25H,7-8H2. The molecule has 0 bridgehead atoms. The van der Waals surface area contributed by atoms with Crippen LogP contribution in [0.1, 0.15) is 0 Å². The summed E-state index contributed by atoms with van der Waals surface area (Å²) in [6.45, 7) is -3.45. The highest BCUT2D eigenvalue weighted by Gasteiger charge is 2.30. The van der Waals surface area contributed by atoms with Crippen molar-refractivity contribution >= 4 is 5.69 Å². The van der Waals surface area contributed by atoms with Crippen molar-refractivity contribution in [1.29, 1.82) is 15.8 Å². The highest BCUT2D eigenvalue weighted by molar-refractivity contribution is 5.62. The van der Waals surface area contributed by atoms with Crippen LogP contribution in [0, 0.1) is 34.0 Å². The van der Waals surface area contributed by atoms with Crippen molar-refractivity contribution in [1.82, 2.24) is 0 Å². The van der Waals surface area contributed by atoms with Crippen molar-refractivity contribution in [3.05, 3.63) is 29.5 Å². The molecule has 0 radical (unpaired) electrons. The van der Waals surface area contributed by atoms with Crippen LogP contribution in [0.4, 0.5) is 32.0 Å². The number of nitrogens with zero attached hydrogens (tertiary/aromatic N) is 3. The number of benzene rings is 1. The first-order chi connectivity index (χ1) is 12.5. The quantitative estimate of drug-likeness (QED) is 0.586. The lowest BCUT2D eigenvalue weighted by molar-refractivity contribution is -0.153. The number of ether oxygens (including phenoxy) is 2. The molecule has 12 heteroatoms. The Bertz CT molecular complexity index is 788. The van der Waals surface area contributed by atoms with Crippen LogP contribution in [0.15, 0.2) is 29.5 Å². The molecule has 0 aliphatic heterocycles. The third-order valence-corrected chi connectivity index (χ3v) is 2.54. The van der Waals surface area contributed by atoms with E-state index in [9.17, 15) is 26.3 Å². The van der Waals surface area contributed by atoms with Crippen LogP contribution in [-0.4, -0.2) is 25.6 Å². The number of nitrogens with one attached hydrogen (secondary N) is 1. The second kappa shape index (κ2) is 8.68. The molecular formula is C15H8F6N4O2. The SMILES string of the molecule is N#CC(C#N)=C(C#N)Nc1cc(OCC(F)(F)F)cc(OCC(F)(F)F)c1. The number of halogens is 6. The monoisotopic (exact) mass is 390 g/mol. The number of allylic oxidation sites excluding steroid dienone is 2. The number of nitriles is 3. The molecule has 0 aromatic heterocycles. The maximum absolute atomic E-state index is 12.3. The maximum atomic E-state index is 12.3. The minimum Gasteiger partial charge on any atom is -0.484 e. The van der Waals surface area contributed by atoms with E-state index in [1.54, 1.807) is 0 Å². The Labute approximate surface area is 148 Å². The molecule has 0 fully saturated rings. The zero-order valence-electron chi connectivity index (χ0n) is 13.1. The molecule has 0 saturated carbocycles. The zero-order valence-corrected chi connectivity index (χ0v) is 13.1. The van der Waals surface area contributed by atoms with Gasteiger partial charge in [-0.2, -0.15) is 42.1 Å². The van der Waals surface area contributed by atoms with Crippen LogP contribution < -0.4 is 14.8 Å². The lowest BCUT2D eigenvalue weighted by Crippen LogP contribution is -2.20. The number of alkyl halides is 6. The largest absolute Gasteiger partial charge is 0.484 e. The summed E-state index contributed by atoms with van der Waals surface area (Å²) in [7, 11) is 0. The Morgan fingerprint density at radius 2 is 1.26 bits per heavy atom. The van der Waals surface area contributed by atoms with Gasteiger partial charge in [-0.1, -0.05) is 0 Å². The molecule has 0 saturated heterocycles. The number of hydrogen-bond donors (Lipinski definition) is 1. The van der Waals surface area contributed by atoms with Gasteiger partial charge in [0.25, 0.3) is 0 Å². The van der Waals surface area contributed by atoms with E-state index in [0.29, 0.717) is 0 Å². The fraction of sp³-hybridized carbons (Fsp3) is 0.267. The summed E-state index contributed by atoms with van der Waals surface area (Å²) in [6.07, 6.45) is -9.41. The van der Waals surface area contributed by atoms with Crippen LogP contribution in [0.3, 0.4) is 0 Å². The van der Waals surface area contributed by atoms with E-state index in [2.05, 4.69) is 14.8 Å². The first-order valence-electron chi connectivity index (χ1n) is 6.73. The van der Waals surface area contributed by atoms with Crippen molar-refractivity contribution in [3.63, 3.8) is 0 Å². The zero-order chi connectivity index (χ0) is 20.7. The lowest BCUT2D eigenvalue weighted by Gasteiger charge is -2.15. The second-order valence-electron chi connectivity index (χ2n) is 4.71. The molecule has 1 aromatic rings. The van der Waals surface area contributed by atoms with Crippen molar-refractivity contribution in [2.45, 2.75) is 12.4 Å².